The third-order valence-corrected chi connectivity index (χ3v) is 3.60. The van der Waals surface area contributed by atoms with Crippen molar-refractivity contribution in [1.29, 1.82) is 0 Å². The summed E-state index contributed by atoms with van der Waals surface area (Å²) in [7, 11) is 0. The van der Waals surface area contributed by atoms with Gasteiger partial charge in [-0.1, -0.05) is 0 Å². The van der Waals surface area contributed by atoms with Gasteiger partial charge in [0.05, 0.1) is 0 Å². The molecule has 0 aromatic heterocycles. The van der Waals surface area contributed by atoms with E-state index in [0.29, 0.717) is 11.8 Å². The summed E-state index contributed by atoms with van der Waals surface area (Å²) in [5.74, 6) is 0.939. The number of nitrogens with zero attached hydrogens (tertiary/aromatic N) is 1. The van der Waals surface area contributed by atoms with Gasteiger partial charge in [0, 0.05) is 18.5 Å². The first-order chi connectivity index (χ1) is 6.59. The highest BCUT2D eigenvalue weighted by atomic mass is 16.2. The average Bonchev–Trinajstić information content (AvgIpc) is 2.55. The van der Waals surface area contributed by atoms with Crippen molar-refractivity contribution < 1.29 is 4.79 Å². The largest absolute Gasteiger partial charge is 0.337 e. The van der Waals surface area contributed by atoms with Gasteiger partial charge in [-0.3, -0.25) is 4.79 Å². The third-order valence-electron chi connectivity index (χ3n) is 3.60. The van der Waals surface area contributed by atoms with Crippen LogP contribution in [-0.2, 0) is 4.79 Å². The van der Waals surface area contributed by atoms with Crippen LogP contribution >= 0.6 is 0 Å². The normalized spacial score (nSPS) is 30.1. The van der Waals surface area contributed by atoms with E-state index in [9.17, 15) is 4.79 Å². The van der Waals surface area contributed by atoms with Gasteiger partial charge >= 0.3 is 0 Å². The molecule has 0 unspecified atom stereocenters. The molecule has 2 heterocycles. The van der Waals surface area contributed by atoms with E-state index < -0.39 is 0 Å². The number of hydrogen-bond donors (Lipinski definition) is 1. The lowest BCUT2D eigenvalue weighted by Gasteiger charge is -2.48. The second kappa shape index (κ2) is 3.54. The Bertz CT molecular complexity index is 231. The quantitative estimate of drug-likeness (QED) is 0.714. The van der Waals surface area contributed by atoms with Crippen LogP contribution in [0, 0.1) is 5.92 Å². The molecule has 0 bridgehead atoms. The monoisotopic (exact) mass is 196 g/mol. The van der Waals surface area contributed by atoms with E-state index in [1.54, 1.807) is 0 Å². The number of hydrogen-bond acceptors (Lipinski definition) is 2. The zero-order chi connectivity index (χ0) is 10.2. The summed E-state index contributed by atoms with van der Waals surface area (Å²) in [4.78, 5) is 13.9. The second-order valence-electron chi connectivity index (χ2n) is 5.17. The molecule has 3 heteroatoms. The number of carbonyl (C=O) groups excluding carboxylic acids is 1. The van der Waals surface area contributed by atoms with Gasteiger partial charge in [-0.2, -0.15) is 0 Å². The first kappa shape index (κ1) is 9.97. The number of rotatable bonds is 2. The van der Waals surface area contributed by atoms with Crippen molar-refractivity contribution in [3.63, 3.8) is 0 Å². The fourth-order valence-corrected chi connectivity index (χ4v) is 2.38. The standard InChI is InChI=1S/C11H20N2O/c1-11(2)4-6-13(11)10(14)7-9-3-5-12-8-9/h9,12H,3-8H2,1-2H3/t9-/m0/s1. The molecule has 14 heavy (non-hydrogen) atoms. The molecule has 0 spiro atoms. The van der Waals surface area contributed by atoms with Gasteiger partial charge in [-0.25, -0.2) is 0 Å². The molecule has 2 aliphatic heterocycles. The van der Waals surface area contributed by atoms with E-state index in [2.05, 4.69) is 19.2 Å². The van der Waals surface area contributed by atoms with Crippen molar-refractivity contribution in [2.45, 2.75) is 38.6 Å². The predicted molar refractivity (Wildman–Crippen MR) is 56.0 cm³/mol. The highest BCUT2D eigenvalue weighted by Gasteiger charge is 2.39. The van der Waals surface area contributed by atoms with Crippen LogP contribution in [0.3, 0.4) is 0 Å². The molecule has 2 rings (SSSR count). The summed E-state index contributed by atoms with van der Waals surface area (Å²) in [5, 5.41) is 3.30. The Kier molecular flexibility index (Phi) is 2.52. The molecule has 1 N–H and O–H groups in total. The van der Waals surface area contributed by atoms with E-state index in [0.717, 1.165) is 32.5 Å². The molecule has 1 amide bonds. The van der Waals surface area contributed by atoms with E-state index in [1.165, 1.54) is 6.42 Å². The zero-order valence-corrected chi connectivity index (χ0v) is 9.18. The maximum absolute atomic E-state index is 11.9. The minimum atomic E-state index is 0.128. The highest BCUT2D eigenvalue weighted by Crippen LogP contribution is 2.31. The Morgan fingerprint density at radius 1 is 1.57 bits per heavy atom. The first-order valence-electron chi connectivity index (χ1n) is 5.61. The van der Waals surface area contributed by atoms with Gasteiger partial charge in [-0.15, -0.1) is 0 Å². The van der Waals surface area contributed by atoms with Gasteiger partial charge < -0.3 is 10.2 Å². The Morgan fingerprint density at radius 2 is 2.36 bits per heavy atom. The summed E-state index contributed by atoms with van der Waals surface area (Å²) in [5.41, 5.74) is 0.128. The van der Waals surface area contributed by atoms with Crippen molar-refractivity contribution in [2.75, 3.05) is 19.6 Å². The van der Waals surface area contributed by atoms with Crippen molar-refractivity contribution in [2.24, 2.45) is 5.92 Å². The van der Waals surface area contributed by atoms with Gasteiger partial charge in [0.25, 0.3) is 0 Å². The van der Waals surface area contributed by atoms with Crippen LogP contribution in [0.4, 0.5) is 0 Å². The summed E-state index contributed by atoms with van der Waals surface area (Å²) in [6.45, 7) is 7.38. The van der Waals surface area contributed by atoms with Gasteiger partial charge in [0.15, 0.2) is 0 Å². The van der Waals surface area contributed by atoms with Gasteiger partial charge in [0.2, 0.25) is 5.91 Å². The van der Waals surface area contributed by atoms with Crippen molar-refractivity contribution in [1.82, 2.24) is 10.2 Å². The highest BCUT2D eigenvalue weighted by molar-refractivity contribution is 5.78. The number of likely N-dealkylation sites (tertiary alicyclic amines) is 1. The Labute approximate surface area is 85.8 Å². The molecule has 0 radical (unpaired) electrons. The molecule has 3 nitrogen and oxygen atoms in total. The molecule has 80 valence electrons. The van der Waals surface area contributed by atoms with E-state index in [-0.39, 0.29) is 5.54 Å². The Morgan fingerprint density at radius 3 is 2.79 bits per heavy atom. The van der Waals surface area contributed by atoms with Gasteiger partial charge in [0.1, 0.15) is 0 Å². The molecule has 0 aromatic rings. The lowest BCUT2D eigenvalue weighted by molar-refractivity contribution is -0.145. The summed E-state index contributed by atoms with van der Waals surface area (Å²) in [6, 6.07) is 0. The summed E-state index contributed by atoms with van der Waals surface area (Å²) in [6.07, 6.45) is 3.07. The molecule has 2 aliphatic rings. The maximum Gasteiger partial charge on any atom is 0.223 e. The summed E-state index contributed by atoms with van der Waals surface area (Å²) < 4.78 is 0. The lowest BCUT2D eigenvalue weighted by Crippen LogP contribution is -2.58. The zero-order valence-electron chi connectivity index (χ0n) is 9.18. The molecule has 1 atom stereocenters. The topological polar surface area (TPSA) is 32.3 Å². The molecule has 2 saturated heterocycles. The van der Waals surface area contributed by atoms with Gasteiger partial charge in [-0.05, 0) is 45.7 Å². The smallest absolute Gasteiger partial charge is 0.223 e. The fourth-order valence-electron chi connectivity index (χ4n) is 2.38. The molecule has 0 aromatic carbocycles. The third kappa shape index (κ3) is 1.78. The summed E-state index contributed by atoms with van der Waals surface area (Å²) >= 11 is 0. The van der Waals surface area contributed by atoms with Crippen LogP contribution in [0.15, 0.2) is 0 Å². The number of nitrogens with one attached hydrogen (secondary N) is 1. The second-order valence-corrected chi connectivity index (χ2v) is 5.17. The van der Waals surface area contributed by atoms with Crippen LogP contribution < -0.4 is 5.32 Å². The van der Waals surface area contributed by atoms with Crippen LogP contribution in [-0.4, -0.2) is 36.0 Å². The molecular formula is C11H20N2O. The minimum absolute atomic E-state index is 0.128. The van der Waals surface area contributed by atoms with Crippen LogP contribution in [0.5, 0.6) is 0 Å². The van der Waals surface area contributed by atoms with Crippen LogP contribution in [0.25, 0.3) is 0 Å². The Hall–Kier alpha value is -0.570. The molecule has 0 aliphatic carbocycles. The van der Waals surface area contributed by atoms with Crippen molar-refractivity contribution in [3.05, 3.63) is 0 Å². The van der Waals surface area contributed by atoms with Crippen molar-refractivity contribution >= 4 is 5.91 Å². The maximum atomic E-state index is 11.9. The SMILES string of the molecule is CC1(C)CCN1C(=O)C[C@@H]1CCNC1. The average molecular weight is 196 g/mol. The van der Waals surface area contributed by atoms with E-state index in [1.807, 2.05) is 4.90 Å². The first-order valence-corrected chi connectivity index (χ1v) is 5.61. The minimum Gasteiger partial charge on any atom is -0.337 e. The number of carbonyl (C=O) groups is 1. The lowest BCUT2D eigenvalue weighted by atomic mass is 9.87. The van der Waals surface area contributed by atoms with E-state index >= 15 is 0 Å². The van der Waals surface area contributed by atoms with Crippen LogP contribution in [0.1, 0.15) is 33.1 Å². The fraction of sp³-hybridized carbons (Fsp3) is 0.909. The van der Waals surface area contributed by atoms with E-state index in [4.69, 9.17) is 0 Å². The molecule has 0 saturated carbocycles. The van der Waals surface area contributed by atoms with Crippen molar-refractivity contribution in [3.8, 4) is 0 Å². The molecule has 2 fully saturated rings. The Balaban J connectivity index is 1.83. The molecular weight excluding hydrogens is 176 g/mol. The number of amides is 1. The van der Waals surface area contributed by atoms with Crippen LogP contribution in [0.2, 0.25) is 0 Å². The predicted octanol–water partition coefficient (Wildman–Crippen LogP) is 0.997.